The van der Waals surface area contributed by atoms with Crippen molar-refractivity contribution in [2.75, 3.05) is 26.7 Å². The minimum Gasteiger partial charge on any atom is -0.487 e. The van der Waals surface area contributed by atoms with Crippen LogP contribution in [0.25, 0.3) is 11.1 Å². The van der Waals surface area contributed by atoms with Crippen LogP contribution in [0.15, 0.2) is 47.6 Å². The number of benzene rings is 1. The maximum Gasteiger partial charge on any atom is 0.247 e. The number of carbonyl (C=O) groups excluding carboxylic acids is 1. The van der Waals surface area contributed by atoms with Crippen molar-refractivity contribution in [2.45, 2.75) is 50.2 Å². The summed E-state index contributed by atoms with van der Waals surface area (Å²) in [5, 5.41) is 9.79. The Hall–Kier alpha value is -2.49. The van der Waals surface area contributed by atoms with E-state index in [-0.39, 0.29) is 35.6 Å². The van der Waals surface area contributed by atoms with E-state index in [1.807, 2.05) is 19.1 Å². The van der Waals surface area contributed by atoms with Crippen LogP contribution in [0.5, 0.6) is 5.75 Å². The second kappa shape index (κ2) is 10.0. The largest absolute Gasteiger partial charge is 0.487 e. The van der Waals surface area contributed by atoms with Gasteiger partial charge in [-0.15, -0.1) is 0 Å². The third-order valence-electron chi connectivity index (χ3n) is 6.72. The molecule has 3 atom stereocenters. The van der Waals surface area contributed by atoms with Crippen LogP contribution >= 0.6 is 0 Å². The zero-order valence-electron chi connectivity index (χ0n) is 19.9. The lowest BCUT2D eigenvalue weighted by molar-refractivity contribution is -0.131. The number of aromatic nitrogens is 1. The third-order valence-corrected chi connectivity index (χ3v) is 8.74. The van der Waals surface area contributed by atoms with Crippen LogP contribution in [0.4, 0.5) is 0 Å². The molecule has 1 N–H and O–H groups in total. The molecular formula is C25H33N3O5S. The van der Waals surface area contributed by atoms with Gasteiger partial charge in [-0.3, -0.25) is 9.78 Å². The molecule has 184 valence electrons. The smallest absolute Gasteiger partial charge is 0.247 e. The van der Waals surface area contributed by atoms with E-state index in [2.05, 4.69) is 4.98 Å². The predicted molar refractivity (Wildman–Crippen MR) is 129 cm³/mol. The van der Waals surface area contributed by atoms with Crippen molar-refractivity contribution in [3.63, 3.8) is 0 Å². The van der Waals surface area contributed by atoms with E-state index in [1.165, 1.54) is 4.31 Å². The number of sulfonamides is 1. The summed E-state index contributed by atoms with van der Waals surface area (Å²) in [7, 11) is -2.13. The predicted octanol–water partition coefficient (Wildman–Crippen LogP) is 2.78. The molecule has 1 aromatic carbocycles. The van der Waals surface area contributed by atoms with E-state index < -0.39 is 22.2 Å². The number of fused-ring (bicyclic) bond motifs is 1. The number of ether oxygens (including phenoxy) is 1. The highest BCUT2D eigenvalue weighted by Gasteiger charge is 2.38. The van der Waals surface area contributed by atoms with Crippen molar-refractivity contribution in [1.82, 2.24) is 14.2 Å². The highest BCUT2D eigenvalue weighted by Crippen LogP contribution is 2.37. The van der Waals surface area contributed by atoms with Crippen molar-refractivity contribution >= 4 is 15.9 Å². The van der Waals surface area contributed by atoms with E-state index in [1.54, 1.807) is 49.5 Å². The van der Waals surface area contributed by atoms with Crippen molar-refractivity contribution in [3.8, 4) is 16.9 Å². The Bertz CT molecular complexity index is 1120. The fourth-order valence-corrected chi connectivity index (χ4v) is 6.09. The molecule has 1 aromatic heterocycles. The summed E-state index contributed by atoms with van der Waals surface area (Å²) in [6, 6.07) is 8.16. The van der Waals surface area contributed by atoms with Gasteiger partial charge in [0.2, 0.25) is 15.9 Å². The van der Waals surface area contributed by atoms with Crippen LogP contribution in [-0.2, 0) is 14.8 Å². The maximum absolute atomic E-state index is 13.6. The van der Waals surface area contributed by atoms with Crippen LogP contribution in [-0.4, -0.2) is 72.5 Å². The number of amides is 1. The lowest BCUT2D eigenvalue weighted by atomic mass is 10.0. The van der Waals surface area contributed by atoms with Gasteiger partial charge in [0.15, 0.2) is 0 Å². The number of likely N-dealkylation sites (N-methyl/N-ethyl adjacent to an activating group) is 1. The first-order valence-corrected chi connectivity index (χ1v) is 13.2. The summed E-state index contributed by atoms with van der Waals surface area (Å²) < 4.78 is 34.9. The van der Waals surface area contributed by atoms with Gasteiger partial charge in [-0.25, -0.2) is 8.42 Å². The standard InChI is InChI=1S/C25H33N3O5S/c1-17-14-28(18(2)16-29)34(31,32)24-7-6-21(20-8-10-26-11-9-20)13-22(24)33-23(17)15-27(3)25(30)12-19-4-5-19/h6-11,13,17-19,23,29H,4-5,12,14-16H2,1-3H3/t17-,18-,23+/m0/s1. The normalized spacial score (nSPS) is 23.2. The molecule has 2 heterocycles. The molecule has 34 heavy (non-hydrogen) atoms. The molecule has 8 nitrogen and oxygen atoms in total. The van der Waals surface area contributed by atoms with Crippen molar-refractivity contribution in [2.24, 2.45) is 11.8 Å². The number of hydrogen-bond donors (Lipinski definition) is 1. The number of carbonyl (C=O) groups is 1. The lowest BCUT2D eigenvalue weighted by Gasteiger charge is -2.37. The minimum atomic E-state index is -3.91. The first-order chi connectivity index (χ1) is 16.2. The van der Waals surface area contributed by atoms with Gasteiger partial charge in [0.25, 0.3) is 0 Å². The monoisotopic (exact) mass is 487 g/mol. The molecule has 1 saturated carbocycles. The topological polar surface area (TPSA) is 100 Å². The number of aliphatic hydroxyl groups is 1. The van der Waals surface area contributed by atoms with Crippen molar-refractivity contribution < 1.29 is 23.1 Å². The molecule has 1 amide bonds. The Morgan fingerprint density at radius 2 is 1.94 bits per heavy atom. The van der Waals surface area contributed by atoms with Gasteiger partial charge in [-0.05, 0) is 61.1 Å². The van der Waals surface area contributed by atoms with Crippen LogP contribution < -0.4 is 4.74 Å². The summed E-state index contributed by atoms with van der Waals surface area (Å²) in [5.41, 5.74) is 1.70. The van der Waals surface area contributed by atoms with Gasteiger partial charge in [0.1, 0.15) is 16.7 Å². The van der Waals surface area contributed by atoms with Crippen LogP contribution in [0.1, 0.15) is 33.1 Å². The lowest BCUT2D eigenvalue weighted by Crippen LogP contribution is -2.50. The molecule has 0 spiro atoms. The highest BCUT2D eigenvalue weighted by molar-refractivity contribution is 7.89. The van der Waals surface area contributed by atoms with Crippen molar-refractivity contribution in [1.29, 1.82) is 0 Å². The number of aliphatic hydroxyl groups excluding tert-OH is 1. The molecule has 2 aliphatic rings. The zero-order valence-corrected chi connectivity index (χ0v) is 20.7. The number of rotatable bonds is 7. The average molecular weight is 488 g/mol. The molecule has 1 aliphatic carbocycles. The molecule has 0 saturated heterocycles. The fourth-order valence-electron chi connectivity index (χ4n) is 4.26. The quantitative estimate of drug-likeness (QED) is 0.645. The van der Waals surface area contributed by atoms with Gasteiger partial charge >= 0.3 is 0 Å². The minimum absolute atomic E-state index is 0.0643. The van der Waals surface area contributed by atoms with E-state index in [0.717, 1.165) is 24.0 Å². The van der Waals surface area contributed by atoms with Gasteiger partial charge in [0, 0.05) is 44.4 Å². The Kier molecular flexibility index (Phi) is 7.25. The van der Waals surface area contributed by atoms with Gasteiger partial charge < -0.3 is 14.7 Å². The fraction of sp³-hybridized carbons (Fsp3) is 0.520. The Balaban J connectivity index is 1.72. The molecule has 0 unspecified atom stereocenters. The van der Waals surface area contributed by atoms with E-state index in [4.69, 9.17) is 4.74 Å². The molecule has 2 aromatic rings. The van der Waals surface area contributed by atoms with Gasteiger partial charge in [0.05, 0.1) is 13.2 Å². The molecule has 9 heteroatoms. The van der Waals surface area contributed by atoms with Crippen LogP contribution in [0, 0.1) is 11.8 Å². The van der Waals surface area contributed by atoms with Crippen LogP contribution in [0.2, 0.25) is 0 Å². The summed E-state index contributed by atoms with van der Waals surface area (Å²) >= 11 is 0. The summed E-state index contributed by atoms with van der Waals surface area (Å²) in [6.45, 7) is 3.87. The van der Waals surface area contributed by atoms with Gasteiger partial charge in [-0.1, -0.05) is 13.0 Å². The maximum atomic E-state index is 13.6. The third kappa shape index (κ3) is 5.26. The molecule has 0 bridgehead atoms. The molecular weight excluding hydrogens is 454 g/mol. The molecule has 1 fully saturated rings. The first kappa shape index (κ1) is 24.6. The van der Waals surface area contributed by atoms with Crippen LogP contribution in [0.3, 0.4) is 0 Å². The van der Waals surface area contributed by atoms with Gasteiger partial charge in [-0.2, -0.15) is 4.31 Å². The summed E-state index contributed by atoms with van der Waals surface area (Å²) in [4.78, 5) is 18.5. The Morgan fingerprint density at radius 1 is 1.24 bits per heavy atom. The Labute approximate surface area is 201 Å². The van der Waals surface area contributed by atoms with E-state index in [0.29, 0.717) is 18.9 Å². The first-order valence-electron chi connectivity index (χ1n) is 11.8. The number of pyridine rings is 1. The average Bonchev–Trinajstić information content (AvgIpc) is 3.65. The highest BCUT2D eigenvalue weighted by atomic mass is 32.2. The Morgan fingerprint density at radius 3 is 2.59 bits per heavy atom. The SMILES string of the molecule is C[C@H]1CN([C@@H](C)CO)S(=O)(=O)c2ccc(-c3ccncc3)cc2O[C@@H]1CN(C)C(=O)CC1CC1. The van der Waals surface area contributed by atoms with Crippen molar-refractivity contribution in [3.05, 3.63) is 42.7 Å². The van der Waals surface area contributed by atoms with E-state index in [9.17, 15) is 18.3 Å². The second-order valence-electron chi connectivity index (χ2n) is 9.56. The zero-order chi connectivity index (χ0) is 24.5. The second-order valence-corrected chi connectivity index (χ2v) is 11.4. The molecule has 4 rings (SSSR count). The molecule has 0 radical (unpaired) electrons. The van der Waals surface area contributed by atoms with E-state index >= 15 is 0 Å². The number of nitrogens with zero attached hydrogens (tertiary/aromatic N) is 3. The summed E-state index contributed by atoms with van der Waals surface area (Å²) in [6.07, 6.45) is 5.70. The molecule has 1 aliphatic heterocycles. The summed E-state index contributed by atoms with van der Waals surface area (Å²) in [5.74, 6) is 0.612. The number of hydrogen-bond acceptors (Lipinski definition) is 6.